The van der Waals surface area contributed by atoms with Gasteiger partial charge in [-0.3, -0.25) is 4.79 Å². The van der Waals surface area contributed by atoms with Gasteiger partial charge in [0.2, 0.25) is 5.91 Å². The molecule has 2 aromatic carbocycles. The first-order valence-corrected chi connectivity index (χ1v) is 12.0. The maximum atomic E-state index is 12.3. The second-order valence-corrected chi connectivity index (χ2v) is 9.27. The van der Waals surface area contributed by atoms with E-state index in [9.17, 15) is 4.79 Å². The number of ether oxygens (including phenoxy) is 1. The highest BCUT2D eigenvalue weighted by Gasteiger charge is 2.19. The summed E-state index contributed by atoms with van der Waals surface area (Å²) in [6.45, 7) is 9.02. The summed E-state index contributed by atoms with van der Waals surface area (Å²) >= 11 is 4.75. The van der Waals surface area contributed by atoms with Crippen molar-refractivity contribution in [3.63, 3.8) is 0 Å². The van der Waals surface area contributed by atoms with Gasteiger partial charge in [0.25, 0.3) is 0 Å². The van der Waals surface area contributed by atoms with E-state index in [2.05, 4.69) is 57.4 Å². The van der Waals surface area contributed by atoms with Crippen LogP contribution in [0.2, 0.25) is 0 Å². The van der Waals surface area contributed by atoms with E-state index in [1.807, 2.05) is 54.8 Å². The third-order valence-electron chi connectivity index (χ3n) is 4.75. The number of carbonyl (C=O) groups excluding carboxylic acids is 1. The van der Waals surface area contributed by atoms with Gasteiger partial charge >= 0.3 is 0 Å². The molecular formula is C23H27BrN4O2S. The van der Waals surface area contributed by atoms with Crippen molar-refractivity contribution in [2.75, 3.05) is 11.1 Å². The van der Waals surface area contributed by atoms with Crippen molar-refractivity contribution in [2.24, 2.45) is 0 Å². The van der Waals surface area contributed by atoms with Gasteiger partial charge in [0.05, 0.1) is 5.75 Å². The topological polar surface area (TPSA) is 69.0 Å². The van der Waals surface area contributed by atoms with Crippen LogP contribution in [0.25, 0.3) is 0 Å². The molecule has 8 heteroatoms. The third-order valence-corrected chi connectivity index (χ3v) is 6.24. The molecule has 0 fully saturated rings. The van der Waals surface area contributed by atoms with Crippen LogP contribution in [0.5, 0.6) is 5.75 Å². The molecule has 1 atom stereocenters. The number of halogens is 1. The number of aromatic nitrogens is 3. The second kappa shape index (κ2) is 10.8. The second-order valence-electron chi connectivity index (χ2n) is 7.41. The van der Waals surface area contributed by atoms with Gasteiger partial charge in [-0.15, -0.1) is 10.2 Å². The fourth-order valence-electron chi connectivity index (χ4n) is 3.05. The summed E-state index contributed by atoms with van der Waals surface area (Å²) in [4.78, 5) is 12.3. The molecule has 0 spiro atoms. The fourth-order valence-corrected chi connectivity index (χ4v) is 4.13. The predicted octanol–water partition coefficient (Wildman–Crippen LogP) is 6.05. The summed E-state index contributed by atoms with van der Waals surface area (Å²) < 4.78 is 9.05. The van der Waals surface area contributed by atoms with E-state index < -0.39 is 0 Å². The van der Waals surface area contributed by atoms with Crippen LogP contribution in [0, 0.1) is 0 Å². The summed E-state index contributed by atoms with van der Waals surface area (Å²) in [7, 11) is 0. The van der Waals surface area contributed by atoms with Crippen molar-refractivity contribution >= 4 is 39.3 Å². The quantitative estimate of drug-likeness (QED) is 0.360. The largest absolute Gasteiger partial charge is 0.483 e. The fraction of sp³-hybridized carbons (Fsp3) is 0.348. The van der Waals surface area contributed by atoms with Gasteiger partial charge in [0.1, 0.15) is 5.75 Å². The first kappa shape index (κ1) is 23.3. The number of rotatable bonds is 9. The molecule has 0 radical (unpaired) electrons. The molecule has 3 aromatic rings. The molecule has 0 aliphatic carbocycles. The number of anilines is 1. The summed E-state index contributed by atoms with van der Waals surface area (Å²) in [6, 6.07) is 15.6. The maximum Gasteiger partial charge on any atom is 0.234 e. The maximum absolute atomic E-state index is 12.3. The summed E-state index contributed by atoms with van der Waals surface area (Å²) in [6.07, 6.45) is -0.261. The normalized spacial score (nSPS) is 12.1. The van der Waals surface area contributed by atoms with Crippen molar-refractivity contribution in [2.45, 2.75) is 51.4 Å². The average molecular weight is 503 g/mol. The Balaban J connectivity index is 1.61. The first-order valence-electron chi connectivity index (χ1n) is 10.2. The molecule has 0 aliphatic rings. The number of hydrogen-bond acceptors (Lipinski definition) is 5. The Kier molecular flexibility index (Phi) is 8.15. The Morgan fingerprint density at radius 2 is 1.77 bits per heavy atom. The van der Waals surface area contributed by atoms with E-state index in [0.29, 0.717) is 17.6 Å². The number of nitrogens with zero attached hydrogens (tertiary/aromatic N) is 3. The minimum absolute atomic E-state index is 0.0888. The van der Waals surface area contributed by atoms with Crippen LogP contribution < -0.4 is 10.1 Å². The van der Waals surface area contributed by atoms with E-state index in [-0.39, 0.29) is 17.8 Å². The van der Waals surface area contributed by atoms with Gasteiger partial charge in [-0.1, -0.05) is 53.7 Å². The zero-order valence-corrected chi connectivity index (χ0v) is 20.5. The van der Waals surface area contributed by atoms with E-state index in [1.165, 1.54) is 17.3 Å². The molecule has 0 aliphatic heterocycles. The van der Waals surface area contributed by atoms with E-state index in [0.717, 1.165) is 21.7 Å². The minimum Gasteiger partial charge on any atom is -0.483 e. The Morgan fingerprint density at radius 3 is 2.39 bits per heavy atom. The number of hydrogen-bond donors (Lipinski definition) is 1. The molecule has 6 nitrogen and oxygen atoms in total. The molecule has 0 saturated carbocycles. The molecule has 1 unspecified atom stereocenters. The molecule has 0 bridgehead atoms. The predicted molar refractivity (Wildman–Crippen MR) is 129 cm³/mol. The highest BCUT2D eigenvalue weighted by atomic mass is 79.9. The number of carbonyl (C=O) groups is 1. The molecule has 31 heavy (non-hydrogen) atoms. The van der Waals surface area contributed by atoms with Gasteiger partial charge in [-0.25, -0.2) is 0 Å². The van der Waals surface area contributed by atoms with Crippen molar-refractivity contribution in [1.82, 2.24) is 14.8 Å². The molecule has 3 rings (SSSR count). The first-order chi connectivity index (χ1) is 14.9. The third kappa shape index (κ3) is 6.33. The smallest absolute Gasteiger partial charge is 0.234 e. The van der Waals surface area contributed by atoms with Crippen molar-refractivity contribution in [3.05, 3.63) is 64.4 Å². The highest BCUT2D eigenvalue weighted by molar-refractivity contribution is 9.10. The Hall–Kier alpha value is -2.32. The molecular weight excluding hydrogens is 476 g/mol. The Morgan fingerprint density at radius 1 is 1.10 bits per heavy atom. The standard InChI is InChI=1S/C23H27BrN4O2S/c1-5-28-22(16(4)30-20-12-6-17(7-13-20)15(2)3)26-27-23(28)31-14-21(29)25-19-10-8-18(24)9-11-19/h6-13,15-16H,5,14H2,1-4H3,(H,25,29). The zero-order valence-electron chi connectivity index (χ0n) is 18.1. The summed E-state index contributed by atoms with van der Waals surface area (Å²) in [5.41, 5.74) is 2.04. The number of amides is 1. The lowest BCUT2D eigenvalue weighted by atomic mass is 10.0. The van der Waals surface area contributed by atoms with Crippen LogP contribution in [0.15, 0.2) is 58.2 Å². The SMILES string of the molecule is CCn1c(SCC(=O)Nc2ccc(Br)cc2)nnc1C(C)Oc1ccc(C(C)C)cc1. The number of thioether (sulfide) groups is 1. The zero-order chi connectivity index (χ0) is 22.4. The van der Waals surface area contributed by atoms with E-state index in [1.54, 1.807) is 0 Å². The number of nitrogens with one attached hydrogen (secondary N) is 1. The van der Waals surface area contributed by atoms with E-state index in [4.69, 9.17) is 4.74 Å². The van der Waals surface area contributed by atoms with Crippen LogP contribution >= 0.6 is 27.7 Å². The Bertz CT molecular complexity index is 1000. The molecule has 164 valence electrons. The van der Waals surface area contributed by atoms with Crippen molar-refractivity contribution in [3.8, 4) is 5.75 Å². The minimum atomic E-state index is -0.261. The highest BCUT2D eigenvalue weighted by Crippen LogP contribution is 2.26. The van der Waals surface area contributed by atoms with Gasteiger partial charge in [0, 0.05) is 16.7 Å². The van der Waals surface area contributed by atoms with Gasteiger partial charge in [0.15, 0.2) is 17.1 Å². The lowest BCUT2D eigenvalue weighted by Crippen LogP contribution is -2.15. The number of benzene rings is 2. The lowest BCUT2D eigenvalue weighted by Gasteiger charge is -2.16. The lowest BCUT2D eigenvalue weighted by molar-refractivity contribution is -0.113. The van der Waals surface area contributed by atoms with Crippen LogP contribution in [0.4, 0.5) is 5.69 Å². The van der Waals surface area contributed by atoms with Gasteiger partial charge in [-0.05, 0) is 61.7 Å². The Labute approximate surface area is 195 Å². The van der Waals surface area contributed by atoms with Gasteiger partial charge < -0.3 is 14.6 Å². The molecule has 0 saturated heterocycles. The van der Waals surface area contributed by atoms with E-state index >= 15 is 0 Å². The molecule has 1 N–H and O–H groups in total. The van der Waals surface area contributed by atoms with Crippen LogP contribution in [0.3, 0.4) is 0 Å². The summed E-state index contributed by atoms with van der Waals surface area (Å²) in [5.74, 6) is 2.18. The van der Waals surface area contributed by atoms with Crippen LogP contribution in [0.1, 0.15) is 51.1 Å². The monoisotopic (exact) mass is 502 g/mol. The van der Waals surface area contributed by atoms with Crippen molar-refractivity contribution < 1.29 is 9.53 Å². The molecule has 1 amide bonds. The van der Waals surface area contributed by atoms with Crippen LogP contribution in [-0.4, -0.2) is 26.4 Å². The molecule has 1 heterocycles. The summed E-state index contributed by atoms with van der Waals surface area (Å²) in [5, 5.41) is 12.2. The van der Waals surface area contributed by atoms with Crippen LogP contribution in [-0.2, 0) is 11.3 Å². The van der Waals surface area contributed by atoms with Gasteiger partial charge in [-0.2, -0.15) is 0 Å². The molecule has 1 aromatic heterocycles. The average Bonchev–Trinajstić information content (AvgIpc) is 3.17. The van der Waals surface area contributed by atoms with Crippen molar-refractivity contribution in [1.29, 1.82) is 0 Å².